The Morgan fingerprint density at radius 3 is 2.27 bits per heavy atom. The fourth-order valence-electron chi connectivity index (χ4n) is 3.06. The third kappa shape index (κ3) is 3.09. The molecule has 1 aliphatic carbocycles. The number of nitrogens with zero attached hydrogens (tertiary/aromatic N) is 2. The topological polar surface area (TPSA) is 66.9 Å². The molecule has 138 valence electrons. The van der Waals surface area contributed by atoms with E-state index in [0.29, 0.717) is 13.1 Å². The molecule has 0 radical (unpaired) electrons. The van der Waals surface area contributed by atoms with Gasteiger partial charge in [0.1, 0.15) is 5.82 Å². The number of amides is 2. The Kier molecular flexibility index (Phi) is 4.80. The fraction of sp³-hybridized carbons (Fsp3) is 0.421. The van der Waals surface area contributed by atoms with E-state index >= 15 is 0 Å². The molecular weight excluding hydrogens is 339 g/mol. The van der Waals surface area contributed by atoms with Crippen LogP contribution in [0.4, 0.5) is 10.1 Å². The molecule has 0 aromatic heterocycles. The van der Waals surface area contributed by atoms with Crippen molar-refractivity contribution < 1.29 is 23.5 Å². The summed E-state index contributed by atoms with van der Waals surface area (Å²) < 4.78 is 18.6. The van der Waals surface area contributed by atoms with Crippen LogP contribution in [0.1, 0.15) is 27.2 Å². The Morgan fingerprint density at radius 2 is 1.77 bits per heavy atom. The Morgan fingerprint density at radius 1 is 1.19 bits per heavy atom. The second-order valence-electron chi connectivity index (χ2n) is 6.51. The van der Waals surface area contributed by atoms with Crippen LogP contribution >= 0.6 is 0 Å². The molecule has 26 heavy (non-hydrogen) atoms. The van der Waals surface area contributed by atoms with Crippen molar-refractivity contribution >= 4 is 23.5 Å². The van der Waals surface area contributed by atoms with E-state index in [4.69, 9.17) is 4.74 Å². The smallest absolute Gasteiger partial charge is 0.314 e. The minimum absolute atomic E-state index is 0.0750. The maximum absolute atomic E-state index is 13.2. The van der Waals surface area contributed by atoms with Crippen LogP contribution in [-0.4, -0.2) is 35.8 Å². The SMILES string of the molecule is CCN(CC)C1=C(OC(=O)[C@@H]2C[C@H]2C)C(=O)N(c2ccc(F)cc2)C1=O. The lowest BCUT2D eigenvalue weighted by Crippen LogP contribution is -2.35. The van der Waals surface area contributed by atoms with Crippen LogP contribution < -0.4 is 4.90 Å². The van der Waals surface area contributed by atoms with Gasteiger partial charge in [-0.3, -0.25) is 14.4 Å². The molecule has 0 N–H and O–H groups in total. The normalized spacial score (nSPS) is 22.1. The molecule has 2 amide bonds. The summed E-state index contributed by atoms with van der Waals surface area (Å²) in [6, 6.07) is 5.03. The standard InChI is InChI=1S/C19H21FN2O4/c1-4-21(5-2)15-16(26-19(25)14-10-11(14)3)18(24)22(17(15)23)13-8-6-12(20)7-9-13/h6-9,11,14H,4-5,10H2,1-3H3/t11-,14-/m1/s1. The molecule has 1 aromatic rings. The highest BCUT2D eigenvalue weighted by atomic mass is 19.1. The Balaban J connectivity index is 1.97. The van der Waals surface area contributed by atoms with Crippen molar-refractivity contribution in [3.05, 3.63) is 41.5 Å². The number of likely N-dealkylation sites (N-methyl/N-ethyl adjacent to an activating group) is 1. The van der Waals surface area contributed by atoms with Crippen molar-refractivity contribution in [2.24, 2.45) is 11.8 Å². The lowest BCUT2D eigenvalue weighted by molar-refractivity contribution is -0.144. The number of carbonyl (C=O) groups excluding carboxylic acids is 3. The number of ether oxygens (including phenoxy) is 1. The van der Waals surface area contributed by atoms with Crippen LogP contribution in [0.2, 0.25) is 0 Å². The fourth-order valence-corrected chi connectivity index (χ4v) is 3.06. The van der Waals surface area contributed by atoms with Gasteiger partial charge in [0, 0.05) is 13.1 Å². The summed E-state index contributed by atoms with van der Waals surface area (Å²) in [4.78, 5) is 40.6. The highest BCUT2D eigenvalue weighted by Crippen LogP contribution is 2.40. The molecule has 2 atom stereocenters. The monoisotopic (exact) mass is 360 g/mol. The Labute approximate surface area is 151 Å². The zero-order chi connectivity index (χ0) is 19.0. The zero-order valence-electron chi connectivity index (χ0n) is 15.0. The molecule has 1 aliphatic heterocycles. The lowest BCUT2D eigenvalue weighted by atomic mass is 10.3. The van der Waals surface area contributed by atoms with Gasteiger partial charge in [-0.2, -0.15) is 0 Å². The quantitative estimate of drug-likeness (QED) is 0.576. The van der Waals surface area contributed by atoms with Gasteiger partial charge in [-0.25, -0.2) is 9.29 Å². The minimum Gasteiger partial charge on any atom is -0.418 e. The van der Waals surface area contributed by atoms with Crippen molar-refractivity contribution in [3.63, 3.8) is 0 Å². The number of anilines is 1. The van der Waals surface area contributed by atoms with E-state index in [0.717, 1.165) is 11.3 Å². The highest BCUT2D eigenvalue weighted by molar-refractivity contribution is 6.32. The molecule has 0 saturated heterocycles. The van der Waals surface area contributed by atoms with E-state index < -0.39 is 23.6 Å². The summed E-state index contributed by atoms with van der Waals surface area (Å²) >= 11 is 0. The predicted molar refractivity (Wildman–Crippen MR) is 92.2 cm³/mol. The Hall–Kier alpha value is -2.70. The van der Waals surface area contributed by atoms with Crippen LogP contribution in [0.3, 0.4) is 0 Å². The third-order valence-corrected chi connectivity index (χ3v) is 4.80. The van der Waals surface area contributed by atoms with Crippen molar-refractivity contribution in [1.82, 2.24) is 4.90 Å². The van der Waals surface area contributed by atoms with Gasteiger partial charge in [0.25, 0.3) is 5.91 Å². The molecule has 0 bridgehead atoms. The van der Waals surface area contributed by atoms with Gasteiger partial charge in [0.05, 0.1) is 11.6 Å². The third-order valence-electron chi connectivity index (χ3n) is 4.80. The number of hydrogen-bond acceptors (Lipinski definition) is 5. The molecule has 1 aromatic carbocycles. The summed E-state index contributed by atoms with van der Waals surface area (Å²) in [7, 11) is 0. The van der Waals surface area contributed by atoms with Crippen molar-refractivity contribution in [1.29, 1.82) is 0 Å². The summed E-state index contributed by atoms with van der Waals surface area (Å²) in [5, 5.41) is 0. The van der Waals surface area contributed by atoms with E-state index in [-0.39, 0.29) is 29.0 Å². The van der Waals surface area contributed by atoms with E-state index in [1.165, 1.54) is 24.3 Å². The first-order chi connectivity index (χ1) is 12.4. The van der Waals surface area contributed by atoms with Gasteiger partial charge in [-0.05, 0) is 50.5 Å². The van der Waals surface area contributed by atoms with Crippen LogP contribution in [0.5, 0.6) is 0 Å². The average molecular weight is 360 g/mol. The molecule has 7 heteroatoms. The highest BCUT2D eigenvalue weighted by Gasteiger charge is 2.47. The van der Waals surface area contributed by atoms with Gasteiger partial charge >= 0.3 is 11.9 Å². The zero-order valence-corrected chi connectivity index (χ0v) is 15.0. The number of halogens is 1. The first-order valence-corrected chi connectivity index (χ1v) is 8.74. The molecular formula is C19H21FN2O4. The minimum atomic E-state index is -0.704. The van der Waals surface area contributed by atoms with Gasteiger partial charge in [-0.15, -0.1) is 0 Å². The maximum atomic E-state index is 13.2. The summed E-state index contributed by atoms with van der Waals surface area (Å²) in [5.74, 6) is -2.49. The molecule has 3 rings (SSSR count). The van der Waals surface area contributed by atoms with Gasteiger partial charge in [0.2, 0.25) is 5.76 Å². The van der Waals surface area contributed by atoms with E-state index in [1.54, 1.807) is 4.90 Å². The van der Waals surface area contributed by atoms with E-state index in [9.17, 15) is 18.8 Å². The largest absolute Gasteiger partial charge is 0.418 e. The van der Waals surface area contributed by atoms with Crippen LogP contribution in [-0.2, 0) is 19.1 Å². The molecule has 1 saturated carbocycles. The molecule has 1 heterocycles. The molecule has 6 nitrogen and oxygen atoms in total. The van der Waals surface area contributed by atoms with E-state index in [1.807, 2.05) is 20.8 Å². The van der Waals surface area contributed by atoms with Crippen molar-refractivity contribution in [2.75, 3.05) is 18.0 Å². The Bertz CT molecular complexity index is 783. The molecule has 0 spiro atoms. The molecule has 1 fully saturated rings. The maximum Gasteiger partial charge on any atom is 0.314 e. The van der Waals surface area contributed by atoms with Crippen LogP contribution in [0.25, 0.3) is 0 Å². The summed E-state index contributed by atoms with van der Waals surface area (Å²) in [5.41, 5.74) is 0.308. The number of esters is 1. The molecule has 2 aliphatic rings. The number of hydrogen-bond donors (Lipinski definition) is 0. The average Bonchev–Trinajstić information content (AvgIpc) is 3.31. The number of benzene rings is 1. The second kappa shape index (κ2) is 6.90. The lowest BCUT2D eigenvalue weighted by Gasteiger charge is -2.22. The van der Waals surface area contributed by atoms with Gasteiger partial charge in [-0.1, -0.05) is 6.92 Å². The van der Waals surface area contributed by atoms with Crippen LogP contribution in [0, 0.1) is 17.7 Å². The summed E-state index contributed by atoms with van der Waals surface area (Å²) in [6.45, 7) is 6.57. The predicted octanol–water partition coefficient (Wildman–Crippen LogP) is 2.45. The van der Waals surface area contributed by atoms with Crippen molar-refractivity contribution in [2.45, 2.75) is 27.2 Å². The van der Waals surface area contributed by atoms with Crippen molar-refractivity contribution in [3.8, 4) is 0 Å². The van der Waals surface area contributed by atoms with Gasteiger partial charge in [0.15, 0.2) is 5.70 Å². The van der Waals surface area contributed by atoms with Crippen LogP contribution in [0.15, 0.2) is 35.7 Å². The first-order valence-electron chi connectivity index (χ1n) is 8.74. The van der Waals surface area contributed by atoms with Gasteiger partial charge < -0.3 is 9.64 Å². The second-order valence-corrected chi connectivity index (χ2v) is 6.51. The molecule has 0 unspecified atom stereocenters. The number of rotatable bonds is 6. The number of carbonyl (C=O) groups is 3. The number of imide groups is 1. The summed E-state index contributed by atoms with van der Waals surface area (Å²) in [6.07, 6.45) is 0.719. The van der Waals surface area contributed by atoms with E-state index in [2.05, 4.69) is 0 Å². The first kappa shape index (κ1) is 18.1.